The maximum atomic E-state index is 14.0. The zero-order valence-corrected chi connectivity index (χ0v) is 18.2. The first-order chi connectivity index (χ1) is 15.8. The molecule has 4 rings (SSSR count). The molecule has 1 aromatic heterocycles. The Bertz CT molecular complexity index is 1530. The van der Waals surface area contributed by atoms with Gasteiger partial charge in [-0.15, -0.1) is 11.3 Å². The van der Waals surface area contributed by atoms with E-state index in [4.69, 9.17) is 10.5 Å². The fourth-order valence-corrected chi connectivity index (χ4v) is 4.89. The van der Waals surface area contributed by atoms with Crippen LogP contribution in [0.2, 0.25) is 0 Å². The number of allylic oxidation sites excluding steroid dienone is 1. The molecule has 33 heavy (non-hydrogen) atoms. The third kappa shape index (κ3) is 3.97. The summed E-state index contributed by atoms with van der Waals surface area (Å²) in [5.41, 5.74) is 6.35. The Hall–Kier alpha value is -4.03. The number of ether oxygens (including phenoxy) is 1. The Kier molecular flexibility index (Phi) is 5.94. The molecule has 0 unspecified atom stereocenters. The molecule has 3 aromatic rings. The maximum Gasteiger partial charge on any atom is 0.338 e. The Morgan fingerprint density at radius 1 is 1.24 bits per heavy atom. The zero-order chi connectivity index (χ0) is 23.7. The number of aromatic nitrogens is 1. The van der Waals surface area contributed by atoms with Crippen molar-refractivity contribution < 1.29 is 18.3 Å². The first-order valence-corrected chi connectivity index (χ1v) is 10.7. The average Bonchev–Trinajstić information content (AvgIpc) is 3.09. The minimum Gasteiger partial charge on any atom is -0.463 e. The topological polar surface area (TPSA) is 98.1 Å². The van der Waals surface area contributed by atoms with Gasteiger partial charge in [-0.1, -0.05) is 24.3 Å². The van der Waals surface area contributed by atoms with Crippen molar-refractivity contribution in [2.75, 3.05) is 6.61 Å². The highest BCUT2D eigenvalue weighted by molar-refractivity contribution is 7.07. The van der Waals surface area contributed by atoms with Gasteiger partial charge in [-0.2, -0.15) is 5.26 Å². The highest BCUT2D eigenvalue weighted by Crippen LogP contribution is 2.36. The van der Waals surface area contributed by atoms with Gasteiger partial charge in [0.05, 0.1) is 34.3 Å². The lowest BCUT2D eigenvalue weighted by molar-refractivity contribution is -0.136. The number of nitrogens with two attached hydrogens (primary N) is 1. The van der Waals surface area contributed by atoms with E-state index in [2.05, 4.69) is 0 Å². The number of hydrogen-bond donors (Lipinski definition) is 1. The van der Waals surface area contributed by atoms with Crippen molar-refractivity contribution in [3.63, 3.8) is 0 Å². The van der Waals surface area contributed by atoms with Crippen LogP contribution in [0.1, 0.15) is 24.0 Å². The quantitative estimate of drug-likeness (QED) is 0.596. The molecule has 1 aliphatic heterocycles. The molecule has 166 valence electrons. The van der Waals surface area contributed by atoms with Gasteiger partial charge in [0, 0.05) is 0 Å². The van der Waals surface area contributed by atoms with Gasteiger partial charge in [0.1, 0.15) is 22.1 Å². The van der Waals surface area contributed by atoms with Crippen molar-refractivity contribution in [2.45, 2.75) is 12.8 Å². The molecule has 0 saturated heterocycles. The van der Waals surface area contributed by atoms with Crippen LogP contribution in [0.5, 0.6) is 0 Å². The molecule has 0 spiro atoms. The van der Waals surface area contributed by atoms with Crippen molar-refractivity contribution in [1.29, 1.82) is 5.26 Å². The van der Waals surface area contributed by atoms with E-state index in [0.717, 1.165) is 15.9 Å². The highest BCUT2D eigenvalue weighted by atomic mass is 32.1. The molecular formula is C24H17F2N3O3S. The van der Waals surface area contributed by atoms with Gasteiger partial charge in [-0.3, -0.25) is 9.36 Å². The molecule has 1 aliphatic rings. The Balaban J connectivity index is 2.10. The molecule has 0 bridgehead atoms. The summed E-state index contributed by atoms with van der Waals surface area (Å²) in [5.74, 6) is -2.96. The SMILES string of the molecule is CCOC(=O)C1=c2s/c(=C\c3cccc(F)c3)c(=O)n2C(N)=C(C#N)[C@H]1c1cccc(F)c1. The summed E-state index contributed by atoms with van der Waals surface area (Å²) >= 11 is 0.961. The fourth-order valence-electron chi connectivity index (χ4n) is 3.72. The van der Waals surface area contributed by atoms with Crippen LogP contribution < -0.4 is 20.5 Å². The number of halogens is 2. The molecule has 0 amide bonds. The standard InChI is InChI=1S/C24H17F2N3O3S/c1-2-32-24(31)20-19(14-6-4-8-16(26)11-14)17(12-27)21(28)29-22(30)18(33-23(20)29)10-13-5-3-7-15(25)9-13/h3-11,19H,2,28H2,1H3/b18-10-/t19-/m1/s1. The van der Waals surface area contributed by atoms with Gasteiger partial charge in [-0.25, -0.2) is 13.6 Å². The van der Waals surface area contributed by atoms with Crippen LogP contribution in [0.15, 0.2) is 58.9 Å². The molecule has 1 atom stereocenters. The molecule has 0 fully saturated rings. The van der Waals surface area contributed by atoms with Gasteiger partial charge >= 0.3 is 5.97 Å². The summed E-state index contributed by atoms with van der Waals surface area (Å²) < 4.78 is 34.3. The Morgan fingerprint density at radius 3 is 2.58 bits per heavy atom. The number of fused-ring (bicyclic) bond motifs is 1. The molecule has 0 saturated carbocycles. The van der Waals surface area contributed by atoms with Crippen molar-refractivity contribution in [3.05, 3.63) is 96.4 Å². The average molecular weight is 465 g/mol. The molecule has 0 radical (unpaired) electrons. The summed E-state index contributed by atoms with van der Waals surface area (Å²) in [7, 11) is 0. The molecule has 6 nitrogen and oxygen atoms in total. The second kappa shape index (κ2) is 8.84. The van der Waals surface area contributed by atoms with Gasteiger partial charge < -0.3 is 10.5 Å². The number of nitrogens with zero attached hydrogens (tertiary/aromatic N) is 2. The van der Waals surface area contributed by atoms with E-state index >= 15 is 0 Å². The monoisotopic (exact) mass is 465 g/mol. The lowest BCUT2D eigenvalue weighted by Gasteiger charge is -2.24. The molecule has 2 heterocycles. The largest absolute Gasteiger partial charge is 0.463 e. The summed E-state index contributed by atoms with van der Waals surface area (Å²) in [4.78, 5) is 26.2. The highest BCUT2D eigenvalue weighted by Gasteiger charge is 2.36. The first-order valence-electron chi connectivity index (χ1n) is 9.91. The predicted molar refractivity (Wildman–Crippen MR) is 120 cm³/mol. The number of thiazole rings is 1. The minimum atomic E-state index is -1.02. The molecular weight excluding hydrogens is 448 g/mol. The third-order valence-electron chi connectivity index (χ3n) is 5.09. The lowest BCUT2D eigenvalue weighted by atomic mass is 9.84. The van der Waals surface area contributed by atoms with Crippen LogP contribution in [-0.2, 0) is 9.53 Å². The summed E-state index contributed by atoms with van der Waals surface area (Å²) in [5, 5.41) is 9.87. The van der Waals surface area contributed by atoms with E-state index in [1.807, 2.05) is 6.07 Å². The van der Waals surface area contributed by atoms with Crippen LogP contribution in [0.25, 0.3) is 17.5 Å². The van der Waals surface area contributed by atoms with E-state index in [1.165, 1.54) is 42.5 Å². The zero-order valence-electron chi connectivity index (χ0n) is 17.3. The number of carbonyl (C=O) groups is 1. The van der Waals surface area contributed by atoms with E-state index in [-0.39, 0.29) is 32.8 Å². The lowest BCUT2D eigenvalue weighted by Crippen LogP contribution is -2.40. The second-order valence-corrected chi connectivity index (χ2v) is 8.17. The number of benzene rings is 2. The van der Waals surface area contributed by atoms with Gasteiger partial charge in [0.15, 0.2) is 0 Å². The van der Waals surface area contributed by atoms with Crippen LogP contribution in [-0.4, -0.2) is 17.1 Å². The second-order valence-electron chi connectivity index (χ2n) is 7.14. The van der Waals surface area contributed by atoms with Crippen LogP contribution in [0, 0.1) is 23.0 Å². The Morgan fingerprint density at radius 2 is 1.94 bits per heavy atom. The number of hydrogen-bond acceptors (Lipinski definition) is 6. The third-order valence-corrected chi connectivity index (χ3v) is 6.20. The van der Waals surface area contributed by atoms with Crippen LogP contribution in [0.3, 0.4) is 0 Å². The molecule has 0 aliphatic carbocycles. The normalized spacial score (nSPS) is 15.9. The number of esters is 1. The maximum absolute atomic E-state index is 14.0. The summed E-state index contributed by atoms with van der Waals surface area (Å²) in [6.07, 6.45) is 1.47. The number of nitriles is 1. The van der Waals surface area contributed by atoms with E-state index in [1.54, 1.807) is 19.1 Å². The Labute approximate surface area is 190 Å². The van der Waals surface area contributed by atoms with Crippen LogP contribution >= 0.6 is 11.3 Å². The van der Waals surface area contributed by atoms with E-state index < -0.39 is 29.1 Å². The number of rotatable bonds is 4. The summed E-state index contributed by atoms with van der Waals surface area (Å²) in [6, 6.07) is 13.1. The van der Waals surface area contributed by atoms with Crippen molar-refractivity contribution in [2.24, 2.45) is 5.73 Å². The van der Waals surface area contributed by atoms with Crippen molar-refractivity contribution in [3.8, 4) is 6.07 Å². The fraction of sp³-hybridized carbons (Fsp3) is 0.125. The van der Waals surface area contributed by atoms with Crippen LogP contribution in [0.4, 0.5) is 8.78 Å². The minimum absolute atomic E-state index is 0.00851. The van der Waals surface area contributed by atoms with E-state index in [0.29, 0.717) is 11.1 Å². The van der Waals surface area contributed by atoms with Gasteiger partial charge in [0.25, 0.3) is 5.56 Å². The number of carbonyl (C=O) groups excluding carboxylic acids is 1. The molecule has 2 N–H and O–H groups in total. The predicted octanol–water partition coefficient (Wildman–Crippen LogP) is 2.18. The van der Waals surface area contributed by atoms with E-state index in [9.17, 15) is 23.6 Å². The first kappa shape index (κ1) is 22.2. The van der Waals surface area contributed by atoms with Gasteiger partial charge in [0.2, 0.25) is 0 Å². The van der Waals surface area contributed by atoms with Crippen molar-refractivity contribution >= 4 is 34.8 Å². The molecule has 2 aromatic carbocycles. The van der Waals surface area contributed by atoms with Crippen molar-refractivity contribution in [1.82, 2.24) is 4.57 Å². The molecule has 9 heteroatoms. The summed E-state index contributed by atoms with van der Waals surface area (Å²) in [6.45, 7) is 1.68. The van der Waals surface area contributed by atoms with Gasteiger partial charge in [-0.05, 0) is 48.4 Å². The smallest absolute Gasteiger partial charge is 0.338 e.